The molecule has 0 N–H and O–H groups in total. The van der Waals surface area contributed by atoms with Crippen LogP contribution in [0.3, 0.4) is 0 Å². The molecule has 3 rings (SSSR count). The van der Waals surface area contributed by atoms with E-state index >= 15 is 0 Å². The maximum Gasteiger partial charge on any atom is 0.234 e. The molecule has 0 atom stereocenters. The van der Waals surface area contributed by atoms with E-state index in [0.717, 1.165) is 21.7 Å². The van der Waals surface area contributed by atoms with Crippen molar-refractivity contribution in [2.75, 3.05) is 0 Å². The van der Waals surface area contributed by atoms with Crippen LogP contribution in [0.15, 0.2) is 48.7 Å². The van der Waals surface area contributed by atoms with Crippen LogP contribution in [0.1, 0.15) is 5.56 Å². The molecule has 0 fully saturated rings. The Morgan fingerprint density at radius 2 is 1.88 bits per heavy atom. The van der Waals surface area contributed by atoms with Gasteiger partial charge in [0.05, 0.1) is 5.52 Å². The third kappa shape index (κ3) is 1.20. The number of nitrogens with zero attached hydrogens (tertiary/aromatic N) is 1. The molecule has 1 heterocycles. The zero-order valence-electron chi connectivity index (χ0n) is 8.47. The first-order chi connectivity index (χ1) is 7.90. The van der Waals surface area contributed by atoms with Crippen LogP contribution >= 0.6 is 0 Å². The van der Waals surface area contributed by atoms with E-state index in [1.54, 1.807) is 6.07 Å². The number of fused-ring (bicyclic) bond motifs is 3. The largest absolute Gasteiger partial charge is 0.285 e. The van der Waals surface area contributed by atoms with Gasteiger partial charge in [0.25, 0.3) is 0 Å². The van der Waals surface area contributed by atoms with Crippen molar-refractivity contribution < 1.29 is 4.79 Å². The second-order valence-electron chi connectivity index (χ2n) is 3.65. The zero-order chi connectivity index (χ0) is 11.0. The van der Waals surface area contributed by atoms with Crippen LogP contribution in [-0.4, -0.2) is 11.3 Å². The molecule has 0 amide bonds. The maximum absolute atomic E-state index is 10.9. The van der Waals surface area contributed by atoms with E-state index in [-0.39, 0.29) is 0 Å². The molecule has 2 nitrogen and oxygen atoms in total. The molecular weight excluding hydrogens is 198 g/mol. The van der Waals surface area contributed by atoms with E-state index in [9.17, 15) is 4.79 Å². The predicted molar refractivity (Wildman–Crippen MR) is 64.0 cm³/mol. The molecule has 3 aromatic rings. The molecule has 0 saturated carbocycles. The minimum absolute atomic E-state index is 0.571. The summed E-state index contributed by atoms with van der Waals surface area (Å²) in [7, 11) is 0. The Kier molecular flexibility index (Phi) is 1.93. The highest BCUT2D eigenvalue weighted by Gasteiger charge is 2.05. The molecule has 0 unspecified atom stereocenters. The van der Waals surface area contributed by atoms with E-state index in [0.29, 0.717) is 5.56 Å². The molecule has 16 heavy (non-hydrogen) atoms. The van der Waals surface area contributed by atoms with Gasteiger partial charge in [-0.3, -0.25) is 9.78 Å². The first kappa shape index (κ1) is 9.04. The van der Waals surface area contributed by atoms with Crippen LogP contribution in [0.25, 0.3) is 21.7 Å². The fourth-order valence-corrected chi connectivity index (χ4v) is 1.99. The molecule has 75 valence electrons. The van der Waals surface area contributed by atoms with Crippen LogP contribution in [0, 0.1) is 0 Å². The van der Waals surface area contributed by atoms with Gasteiger partial charge >= 0.3 is 0 Å². The van der Waals surface area contributed by atoms with Crippen LogP contribution in [0.5, 0.6) is 0 Å². The molecule has 0 saturated heterocycles. The third-order valence-electron chi connectivity index (χ3n) is 2.73. The van der Waals surface area contributed by atoms with Crippen molar-refractivity contribution in [2.24, 2.45) is 0 Å². The number of hydrogen-bond acceptors (Lipinski definition) is 2. The molecule has 0 aliphatic rings. The van der Waals surface area contributed by atoms with E-state index < -0.39 is 0 Å². The van der Waals surface area contributed by atoms with Crippen LogP contribution in [-0.2, 0) is 4.79 Å². The number of hydrogen-bond donors (Lipinski definition) is 0. The van der Waals surface area contributed by atoms with Crippen LogP contribution in [0.4, 0.5) is 0 Å². The molecule has 0 spiro atoms. The lowest BCUT2D eigenvalue weighted by molar-refractivity contribution is 0.563. The van der Waals surface area contributed by atoms with Gasteiger partial charge in [0.1, 0.15) is 0 Å². The Labute approximate surface area is 92.5 Å². The smallest absolute Gasteiger partial charge is 0.234 e. The summed E-state index contributed by atoms with van der Waals surface area (Å²) in [6.07, 6.45) is 3.80. The monoisotopic (exact) mass is 206 g/mol. The number of pyridine rings is 1. The standard InChI is InChI=1S/C14H8NO/c16-9-11-5-3-7-13-14(11)12-6-2-1-4-10(12)8-15-13/h1-8H. The lowest BCUT2D eigenvalue weighted by atomic mass is 10.0. The van der Waals surface area contributed by atoms with Crippen molar-refractivity contribution in [2.45, 2.75) is 0 Å². The van der Waals surface area contributed by atoms with Gasteiger partial charge in [0, 0.05) is 22.5 Å². The average Bonchev–Trinajstić information content (AvgIpc) is 2.37. The summed E-state index contributed by atoms with van der Waals surface area (Å²) in [5, 5.41) is 2.97. The van der Waals surface area contributed by atoms with Gasteiger partial charge in [-0.1, -0.05) is 36.4 Å². The highest BCUT2D eigenvalue weighted by atomic mass is 16.1. The van der Waals surface area contributed by atoms with Gasteiger partial charge in [-0.05, 0) is 11.5 Å². The van der Waals surface area contributed by atoms with Crippen molar-refractivity contribution in [3.63, 3.8) is 0 Å². The second kappa shape index (κ2) is 3.42. The molecule has 1 aromatic heterocycles. The Hall–Kier alpha value is -2.22. The van der Waals surface area contributed by atoms with Gasteiger partial charge < -0.3 is 0 Å². The van der Waals surface area contributed by atoms with Gasteiger partial charge in [0.15, 0.2) is 0 Å². The normalized spacial score (nSPS) is 10.8. The third-order valence-corrected chi connectivity index (χ3v) is 2.73. The van der Waals surface area contributed by atoms with Crippen molar-refractivity contribution in [1.82, 2.24) is 4.98 Å². The van der Waals surface area contributed by atoms with E-state index in [4.69, 9.17) is 0 Å². The van der Waals surface area contributed by atoms with Crippen molar-refractivity contribution in [3.8, 4) is 0 Å². The number of aromatic nitrogens is 1. The Morgan fingerprint density at radius 3 is 2.75 bits per heavy atom. The average molecular weight is 206 g/mol. The fraction of sp³-hybridized carbons (Fsp3) is 0. The Morgan fingerprint density at radius 1 is 1.00 bits per heavy atom. The van der Waals surface area contributed by atoms with Gasteiger partial charge in [0.2, 0.25) is 6.29 Å². The SMILES string of the molecule is O=[C]c1cccc2ncc3ccccc3c12. The first-order valence-corrected chi connectivity index (χ1v) is 5.05. The van der Waals surface area contributed by atoms with Crippen molar-refractivity contribution >= 4 is 28.0 Å². The topological polar surface area (TPSA) is 30.0 Å². The van der Waals surface area contributed by atoms with Crippen LogP contribution in [0.2, 0.25) is 0 Å². The molecule has 2 aromatic carbocycles. The minimum atomic E-state index is 0.571. The van der Waals surface area contributed by atoms with Gasteiger partial charge in [-0.15, -0.1) is 0 Å². The van der Waals surface area contributed by atoms with Gasteiger partial charge in [-0.2, -0.15) is 0 Å². The van der Waals surface area contributed by atoms with E-state index in [2.05, 4.69) is 4.98 Å². The lowest BCUT2D eigenvalue weighted by Gasteiger charge is -2.04. The summed E-state index contributed by atoms with van der Waals surface area (Å²) in [6.45, 7) is 0. The molecule has 1 radical (unpaired) electrons. The summed E-state index contributed by atoms with van der Waals surface area (Å²) in [6, 6.07) is 13.4. The van der Waals surface area contributed by atoms with Crippen molar-refractivity contribution in [1.29, 1.82) is 0 Å². The highest BCUT2D eigenvalue weighted by Crippen LogP contribution is 2.25. The summed E-state index contributed by atoms with van der Waals surface area (Å²) in [5.74, 6) is 0. The predicted octanol–water partition coefficient (Wildman–Crippen LogP) is 2.85. The molecule has 2 heteroatoms. The lowest BCUT2D eigenvalue weighted by Crippen LogP contribution is -1.87. The fourth-order valence-electron chi connectivity index (χ4n) is 1.99. The second-order valence-corrected chi connectivity index (χ2v) is 3.65. The zero-order valence-corrected chi connectivity index (χ0v) is 8.47. The van der Waals surface area contributed by atoms with Crippen LogP contribution < -0.4 is 0 Å². The summed E-state index contributed by atoms with van der Waals surface area (Å²) in [5.41, 5.74) is 1.40. The van der Waals surface area contributed by atoms with Crippen molar-refractivity contribution in [3.05, 3.63) is 54.2 Å². The molecule has 0 aliphatic carbocycles. The number of benzene rings is 2. The Balaban J connectivity index is 2.62. The molecule has 0 bridgehead atoms. The quantitative estimate of drug-likeness (QED) is 0.573. The number of carbonyl (C=O) groups excluding carboxylic acids is 1. The van der Waals surface area contributed by atoms with Gasteiger partial charge in [-0.25, -0.2) is 0 Å². The summed E-state index contributed by atoms with van der Waals surface area (Å²) >= 11 is 0. The molecule has 0 aliphatic heterocycles. The minimum Gasteiger partial charge on any atom is -0.285 e. The first-order valence-electron chi connectivity index (χ1n) is 5.05. The summed E-state index contributed by atoms with van der Waals surface area (Å²) in [4.78, 5) is 15.3. The summed E-state index contributed by atoms with van der Waals surface area (Å²) < 4.78 is 0. The Bertz CT molecular complexity index is 688. The molecular formula is C14H8NO. The van der Waals surface area contributed by atoms with E-state index in [1.807, 2.05) is 48.9 Å². The number of rotatable bonds is 1. The highest BCUT2D eigenvalue weighted by molar-refractivity contribution is 6.12. The maximum atomic E-state index is 10.9. The van der Waals surface area contributed by atoms with E-state index in [1.165, 1.54) is 0 Å².